The van der Waals surface area contributed by atoms with Gasteiger partial charge >= 0.3 is 5.69 Å². The maximum Gasteiger partial charge on any atom is 0.327 e. The molecule has 0 saturated carbocycles. The van der Waals surface area contributed by atoms with E-state index in [1.54, 1.807) is 6.92 Å². The molecule has 16 heavy (non-hydrogen) atoms. The summed E-state index contributed by atoms with van der Waals surface area (Å²) in [5.74, 6) is -0.932. The van der Waals surface area contributed by atoms with Crippen molar-refractivity contribution < 1.29 is 9.31 Å². The zero-order chi connectivity index (χ0) is 12.7. The fourth-order valence-electron chi connectivity index (χ4n) is 1.08. The molecule has 90 valence electrons. The molecule has 0 aliphatic rings. The van der Waals surface area contributed by atoms with E-state index in [-0.39, 0.29) is 10.7 Å². The third-order valence-electron chi connectivity index (χ3n) is 1.58. The largest absolute Gasteiger partial charge is 0.380 e. The number of halogens is 2. The van der Waals surface area contributed by atoms with Gasteiger partial charge in [0.2, 0.25) is 5.82 Å². The number of hydrogen-bond donors (Lipinski definition) is 1. The molecular formula is C10H14ClFN2O2. The van der Waals surface area contributed by atoms with Crippen LogP contribution in [0.4, 0.5) is 15.8 Å². The highest BCUT2D eigenvalue weighted by Gasteiger charge is 2.20. The molecule has 0 bridgehead atoms. The van der Waals surface area contributed by atoms with Crippen LogP contribution in [-0.4, -0.2) is 11.5 Å². The molecule has 0 aliphatic heterocycles. The molecule has 0 atom stereocenters. The quantitative estimate of drug-likeness (QED) is 0.653. The van der Waals surface area contributed by atoms with Crippen LogP contribution in [0.1, 0.15) is 20.8 Å². The monoisotopic (exact) mass is 248 g/mol. The number of hydrogen-bond acceptors (Lipinski definition) is 3. The summed E-state index contributed by atoms with van der Waals surface area (Å²) in [5, 5.41) is 13.3. The highest BCUT2D eigenvalue weighted by Crippen LogP contribution is 2.30. The molecule has 0 aliphatic carbocycles. The fraction of sp³-hybridized carbons (Fsp3) is 0.400. The van der Waals surface area contributed by atoms with Gasteiger partial charge in [-0.2, -0.15) is 4.39 Å². The molecule has 1 aromatic rings. The average Bonchev–Trinajstić information content (AvgIpc) is 2.19. The molecule has 0 spiro atoms. The molecule has 0 amide bonds. The van der Waals surface area contributed by atoms with Crippen molar-refractivity contribution in [3.05, 3.63) is 33.1 Å². The lowest BCUT2D eigenvalue weighted by molar-refractivity contribution is -0.386. The van der Waals surface area contributed by atoms with Gasteiger partial charge in [-0.3, -0.25) is 10.1 Å². The summed E-state index contributed by atoms with van der Waals surface area (Å²) in [6.45, 7) is 6.21. The molecule has 1 rings (SSSR count). The van der Waals surface area contributed by atoms with Crippen molar-refractivity contribution in [2.75, 3.05) is 11.9 Å². The van der Waals surface area contributed by atoms with Gasteiger partial charge in [-0.05, 0) is 19.1 Å². The molecule has 4 nitrogen and oxygen atoms in total. The zero-order valence-corrected chi connectivity index (χ0v) is 10.1. The van der Waals surface area contributed by atoms with E-state index in [0.717, 1.165) is 6.07 Å². The van der Waals surface area contributed by atoms with E-state index < -0.39 is 16.4 Å². The second-order valence-corrected chi connectivity index (χ2v) is 3.01. The highest BCUT2D eigenvalue weighted by molar-refractivity contribution is 6.31. The van der Waals surface area contributed by atoms with E-state index in [1.807, 2.05) is 13.8 Å². The van der Waals surface area contributed by atoms with Gasteiger partial charge in [-0.1, -0.05) is 25.4 Å². The predicted molar refractivity (Wildman–Crippen MR) is 63.6 cm³/mol. The third-order valence-corrected chi connectivity index (χ3v) is 1.80. The number of nitrogens with zero attached hydrogens (tertiary/aromatic N) is 1. The highest BCUT2D eigenvalue weighted by atomic mass is 35.5. The number of nitrogens with one attached hydrogen (secondary N) is 1. The van der Waals surface area contributed by atoms with Crippen molar-refractivity contribution in [2.24, 2.45) is 0 Å². The van der Waals surface area contributed by atoms with Crippen molar-refractivity contribution in [1.29, 1.82) is 0 Å². The first kappa shape index (κ1) is 14.6. The minimum Gasteiger partial charge on any atom is -0.380 e. The molecule has 0 heterocycles. The first-order valence-electron chi connectivity index (χ1n) is 4.93. The maximum absolute atomic E-state index is 13.1. The molecule has 0 radical (unpaired) electrons. The Bertz CT molecular complexity index is 372. The van der Waals surface area contributed by atoms with Crippen LogP contribution in [0.5, 0.6) is 0 Å². The van der Waals surface area contributed by atoms with Crippen LogP contribution in [0, 0.1) is 15.9 Å². The molecule has 0 saturated heterocycles. The van der Waals surface area contributed by atoms with Gasteiger partial charge in [-0.25, -0.2) is 0 Å². The molecule has 0 unspecified atom stereocenters. The lowest BCUT2D eigenvalue weighted by Gasteiger charge is -2.05. The van der Waals surface area contributed by atoms with Crippen molar-refractivity contribution in [3.63, 3.8) is 0 Å². The number of anilines is 1. The lowest BCUT2D eigenvalue weighted by Crippen LogP contribution is -2.03. The van der Waals surface area contributed by atoms with E-state index in [9.17, 15) is 14.5 Å². The topological polar surface area (TPSA) is 55.2 Å². The Morgan fingerprint density at radius 1 is 1.50 bits per heavy atom. The van der Waals surface area contributed by atoms with Crippen LogP contribution in [0.25, 0.3) is 0 Å². The Balaban J connectivity index is 0.00000106. The van der Waals surface area contributed by atoms with Crippen molar-refractivity contribution in [2.45, 2.75) is 20.8 Å². The molecule has 0 fully saturated rings. The van der Waals surface area contributed by atoms with E-state index in [1.165, 1.54) is 6.07 Å². The maximum atomic E-state index is 13.1. The summed E-state index contributed by atoms with van der Waals surface area (Å²) in [5.41, 5.74) is -0.473. The van der Waals surface area contributed by atoms with Crippen LogP contribution in [0.15, 0.2) is 12.1 Å². The van der Waals surface area contributed by atoms with E-state index in [4.69, 9.17) is 11.6 Å². The van der Waals surface area contributed by atoms with Gasteiger partial charge in [0, 0.05) is 11.6 Å². The Morgan fingerprint density at radius 3 is 2.50 bits per heavy atom. The van der Waals surface area contributed by atoms with Crippen LogP contribution < -0.4 is 5.32 Å². The van der Waals surface area contributed by atoms with Crippen LogP contribution in [-0.2, 0) is 0 Å². The molecule has 0 aromatic heterocycles. The summed E-state index contributed by atoms with van der Waals surface area (Å²) >= 11 is 5.56. The summed E-state index contributed by atoms with van der Waals surface area (Å²) in [6.07, 6.45) is 0. The third kappa shape index (κ3) is 3.66. The number of nitro benzene ring substituents is 1. The zero-order valence-electron chi connectivity index (χ0n) is 9.38. The Kier molecular flexibility index (Phi) is 6.41. The number of benzene rings is 1. The second-order valence-electron chi connectivity index (χ2n) is 2.57. The van der Waals surface area contributed by atoms with Gasteiger partial charge in [0.1, 0.15) is 5.69 Å². The van der Waals surface area contributed by atoms with Crippen molar-refractivity contribution >= 4 is 23.0 Å². The smallest absolute Gasteiger partial charge is 0.327 e. The number of nitro groups is 1. The average molecular weight is 249 g/mol. The van der Waals surface area contributed by atoms with Crippen LogP contribution >= 0.6 is 11.6 Å². The molecular weight excluding hydrogens is 235 g/mol. The van der Waals surface area contributed by atoms with Gasteiger partial charge < -0.3 is 5.32 Å². The summed E-state index contributed by atoms with van der Waals surface area (Å²) in [6, 6.07) is 2.24. The summed E-state index contributed by atoms with van der Waals surface area (Å²) < 4.78 is 13.1. The minimum absolute atomic E-state index is 0.0995. The standard InChI is InChI=1S/C8H8ClFN2O2.C2H6/c1-2-11-7-4-5(9)3-6(10)8(7)12(13)14;1-2/h3-4,11H,2H2,1H3;1-2H3. The lowest BCUT2D eigenvalue weighted by atomic mass is 10.2. The van der Waals surface area contributed by atoms with Gasteiger partial charge in [-0.15, -0.1) is 0 Å². The van der Waals surface area contributed by atoms with E-state index in [2.05, 4.69) is 5.32 Å². The van der Waals surface area contributed by atoms with Crippen LogP contribution in [0.2, 0.25) is 5.02 Å². The predicted octanol–water partition coefficient (Wildman–Crippen LogP) is 3.85. The van der Waals surface area contributed by atoms with Crippen molar-refractivity contribution in [3.8, 4) is 0 Å². The van der Waals surface area contributed by atoms with E-state index in [0.29, 0.717) is 6.54 Å². The van der Waals surface area contributed by atoms with E-state index >= 15 is 0 Å². The second kappa shape index (κ2) is 7.00. The Labute approximate surface area is 98.6 Å². The minimum atomic E-state index is -0.932. The Morgan fingerprint density at radius 2 is 2.06 bits per heavy atom. The molecule has 1 aromatic carbocycles. The molecule has 1 N–H and O–H groups in total. The summed E-state index contributed by atoms with van der Waals surface area (Å²) in [4.78, 5) is 9.74. The van der Waals surface area contributed by atoms with Crippen LogP contribution in [0.3, 0.4) is 0 Å². The van der Waals surface area contributed by atoms with Gasteiger partial charge in [0.25, 0.3) is 0 Å². The first-order valence-corrected chi connectivity index (χ1v) is 5.31. The summed E-state index contributed by atoms with van der Waals surface area (Å²) in [7, 11) is 0. The Hall–Kier alpha value is -1.36. The van der Waals surface area contributed by atoms with Crippen molar-refractivity contribution in [1.82, 2.24) is 0 Å². The van der Waals surface area contributed by atoms with Gasteiger partial charge in [0.15, 0.2) is 0 Å². The normalized spacial score (nSPS) is 9.06. The van der Waals surface area contributed by atoms with Gasteiger partial charge in [0.05, 0.1) is 4.92 Å². The molecule has 6 heteroatoms. The first-order chi connectivity index (χ1) is 7.56. The SMILES string of the molecule is CC.CCNc1cc(Cl)cc(F)c1[N+](=O)[O-]. The number of rotatable bonds is 3. The fourth-order valence-corrected chi connectivity index (χ4v) is 1.28.